The van der Waals surface area contributed by atoms with Gasteiger partial charge in [-0.2, -0.15) is 0 Å². The number of hydrogen-bond acceptors (Lipinski definition) is 2. The Bertz CT molecular complexity index is 485. The van der Waals surface area contributed by atoms with Crippen LogP contribution in [0.4, 0.5) is 5.69 Å². The molecule has 1 atom stereocenters. The fraction of sp³-hybridized carbons (Fsp3) is 0.684. The van der Waals surface area contributed by atoms with Gasteiger partial charge >= 0.3 is 0 Å². The molecule has 2 rings (SSSR count). The molecule has 0 amide bonds. The van der Waals surface area contributed by atoms with Gasteiger partial charge in [0.1, 0.15) is 5.75 Å². The van der Waals surface area contributed by atoms with Crippen molar-refractivity contribution in [1.29, 1.82) is 0 Å². The second-order valence-corrected chi connectivity index (χ2v) is 8.27. The van der Waals surface area contributed by atoms with E-state index in [2.05, 4.69) is 58.1 Å². The summed E-state index contributed by atoms with van der Waals surface area (Å²) in [5.41, 5.74) is 3.10. The van der Waals surface area contributed by atoms with Crippen molar-refractivity contribution in [2.75, 3.05) is 12.4 Å². The van der Waals surface area contributed by atoms with E-state index < -0.39 is 0 Å². The molecule has 0 spiro atoms. The van der Waals surface area contributed by atoms with E-state index in [0.29, 0.717) is 11.5 Å². The molecule has 1 aromatic carbocycles. The van der Waals surface area contributed by atoms with Gasteiger partial charge in [-0.15, -0.1) is 0 Å². The second-order valence-electron chi connectivity index (χ2n) is 8.27. The lowest BCUT2D eigenvalue weighted by atomic mass is 9.75. The van der Waals surface area contributed by atoms with Crippen molar-refractivity contribution >= 4 is 5.69 Å². The second kappa shape index (κ2) is 5.90. The summed E-state index contributed by atoms with van der Waals surface area (Å²) in [5.74, 6) is 0.950. The quantitative estimate of drug-likeness (QED) is 0.807. The van der Waals surface area contributed by atoms with E-state index in [0.717, 1.165) is 11.4 Å². The first-order chi connectivity index (χ1) is 9.71. The molecule has 1 N–H and O–H groups in total. The number of rotatable bonds is 3. The minimum absolute atomic E-state index is 0.161. The van der Waals surface area contributed by atoms with Gasteiger partial charge in [0.2, 0.25) is 0 Å². The summed E-state index contributed by atoms with van der Waals surface area (Å²) in [6, 6.07) is 7.09. The van der Waals surface area contributed by atoms with Crippen LogP contribution < -0.4 is 10.1 Å². The number of benzene rings is 1. The van der Waals surface area contributed by atoms with Crippen LogP contribution in [0.5, 0.6) is 5.75 Å². The van der Waals surface area contributed by atoms with Gasteiger partial charge in [0, 0.05) is 6.04 Å². The molecule has 118 valence electrons. The summed E-state index contributed by atoms with van der Waals surface area (Å²) in [7, 11) is 1.75. The van der Waals surface area contributed by atoms with Crippen molar-refractivity contribution in [3.63, 3.8) is 0 Å². The van der Waals surface area contributed by atoms with Gasteiger partial charge < -0.3 is 10.1 Å². The van der Waals surface area contributed by atoms with Crippen molar-refractivity contribution in [2.45, 2.75) is 71.8 Å². The van der Waals surface area contributed by atoms with Crippen LogP contribution in [-0.2, 0) is 5.41 Å². The van der Waals surface area contributed by atoms with Crippen LogP contribution in [0.3, 0.4) is 0 Å². The lowest BCUT2D eigenvalue weighted by Gasteiger charge is -2.36. The van der Waals surface area contributed by atoms with Gasteiger partial charge in [0.25, 0.3) is 0 Å². The predicted molar refractivity (Wildman–Crippen MR) is 91.4 cm³/mol. The molecule has 1 saturated carbocycles. The first kappa shape index (κ1) is 16.2. The fourth-order valence-electron chi connectivity index (χ4n) is 3.33. The molecule has 1 aliphatic carbocycles. The Balaban J connectivity index is 2.21. The van der Waals surface area contributed by atoms with Crippen LogP contribution in [0.25, 0.3) is 0 Å². The Labute approximate surface area is 130 Å². The van der Waals surface area contributed by atoms with Crippen molar-refractivity contribution in [1.82, 2.24) is 0 Å². The first-order valence-electron chi connectivity index (χ1n) is 8.16. The highest BCUT2D eigenvalue weighted by molar-refractivity contribution is 5.59. The molecule has 0 bridgehead atoms. The maximum Gasteiger partial charge on any atom is 0.141 e. The van der Waals surface area contributed by atoms with Crippen LogP contribution in [0.2, 0.25) is 0 Å². The van der Waals surface area contributed by atoms with Gasteiger partial charge in [0.05, 0.1) is 12.8 Å². The van der Waals surface area contributed by atoms with Gasteiger partial charge in [0.15, 0.2) is 0 Å². The van der Waals surface area contributed by atoms with E-state index in [1.165, 1.54) is 31.2 Å². The number of nitrogens with one attached hydrogen (secondary N) is 1. The minimum Gasteiger partial charge on any atom is -0.495 e. The van der Waals surface area contributed by atoms with E-state index in [9.17, 15) is 0 Å². The van der Waals surface area contributed by atoms with Crippen LogP contribution in [0, 0.1) is 5.41 Å². The molecule has 0 aliphatic heterocycles. The molecule has 1 unspecified atom stereocenters. The van der Waals surface area contributed by atoms with Crippen molar-refractivity contribution < 1.29 is 4.74 Å². The number of methoxy groups -OCH3 is 1. The summed E-state index contributed by atoms with van der Waals surface area (Å²) in [6.45, 7) is 11.5. The zero-order chi connectivity index (χ0) is 15.7. The molecular weight excluding hydrogens is 258 g/mol. The average molecular weight is 289 g/mol. The summed E-state index contributed by atoms with van der Waals surface area (Å²) in [4.78, 5) is 0. The predicted octanol–water partition coefficient (Wildman–Crippen LogP) is 5.37. The normalized spacial score (nSPS) is 21.9. The molecule has 1 fully saturated rings. The summed E-state index contributed by atoms with van der Waals surface area (Å²) >= 11 is 0. The molecule has 1 aromatic rings. The van der Waals surface area contributed by atoms with E-state index in [4.69, 9.17) is 4.74 Å². The highest BCUT2D eigenvalue weighted by Crippen LogP contribution is 2.38. The highest BCUT2D eigenvalue weighted by Gasteiger charge is 2.28. The third kappa shape index (κ3) is 4.15. The van der Waals surface area contributed by atoms with E-state index >= 15 is 0 Å². The Morgan fingerprint density at radius 3 is 2.52 bits per heavy atom. The van der Waals surface area contributed by atoms with Crippen LogP contribution in [0.15, 0.2) is 18.2 Å². The molecule has 0 heterocycles. The standard InChI is InChI=1S/C19H31NO/c1-18(2,3)14-9-10-17(21-6)16(12-14)20-15-8-7-11-19(4,5)13-15/h9-10,12,15,20H,7-8,11,13H2,1-6H3. The lowest BCUT2D eigenvalue weighted by Crippen LogP contribution is -2.32. The number of ether oxygens (including phenoxy) is 1. The summed E-state index contributed by atoms with van der Waals surface area (Å²) < 4.78 is 5.54. The van der Waals surface area contributed by atoms with Crippen molar-refractivity contribution in [2.24, 2.45) is 5.41 Å². The van der Waals surface area contributed by atoms with E-state index in [1.54, 1.807) is 7.11 Å². The van der Waals surface area contributed by atoms with E-state index in [-0.39, 0.29) is 5.41 Å². The number of hydrogen-bond donors (Lipinski definition) is 1. The molecular formula is C19H31NO. The Kier molecular flexibility index (Phi) is 4.55. The highest BCUT2D eigenvalue weighted by atomic mass is 16.5. The lowest BCUT2D eigenvalue weighted by molar-refractivity contribution is 0.229. The molecule has 1 aliphatic rings. The maximum atomic E-state index is 5.54. The molecule has 2 heteroatoms. The summed E-state index contributed by atoms with van der Waals surface area (Å²) in [5, 5.41) is 3.74. The maximum absolute atomic E-state index is 5.54. The SMILES string of the molecule is COc1ccc(C(C)(C)C)cc1NC1CCCC(C)(C)C1. The van der Waals surface area contributed by atoms with Gasteiger partial charge in [-0.05, 0) is 47.8 Å². The molecule has 0 saturated heterocycles. The topological polar surface area (TPSA) is 21.3 Å². The third-order valence-electron chi connectivity index (χ3n) is 4.63. The van der Waals surface area contributed by atoms with Crippen molar-refractivity contribution in [3.8, 4) is 5.75 Å². The molecule has 0 aromatic heterocycles. The molecule has 2 nitrogen and oxygen atoms in total. The average Bonchev–Trinajstić information content (AvgIpc) is 2.36. The molecule has 21 heavy (non-hydrogen) atoms. The Hall–Kier alpha value is -1.18. The van der Waals surface area contributed by atoms with Gasteiger partial charge in [-0.1, -0.05) is 47.1 Å². The monoisotopic (exact) mass is 289 g/mol. The van der Waals surface area contributed by atoms with Crippen LogP contribution >= 0.6 is 0 Å². The van der Waals surface area contributed by atoms with Crippen molar-refractivity contribution in [3.05, 3.63) is 23.8 Å². The third-order valence-corrected chi connectivity index (χ3v) is 4.63. The first-order valence-corrected chi connectivity index (χ1v) is 8.16. The van der Waals surface area contributed by atoms with E-state index in [1.807, 2.05) is 0 Å². The zero-order valence-electron chi connectivity index (χ0n) is 14.5. The van der Waals surface area contributed by atoms with Crippen LogP contribution in [-0.4, -0.2) is 13.2 Å². The van der Waals surface area contributed by atoms with Gasteiger partial charge in [-0.25, -0.2) is 0 Å². The zero-order valence-corrected chi connectivity index (χ0v) is 14.5. The largest absolute Gasteiger partial charge is 0.495 e. The van der Waals surface area contributed by atoms with Gasteiger partial charge in [-0.3, -0.25) is 0 Å². The fourth-order valence-corrected chi connectivity index (χ4v) is 3.33. The summed E-state index contributed by atoms with van der Waals surface area (Å²) in [6.07, 6.45) is 5.14. The van der Waals surface area contributed by atoms with Crippen LogP contribution in [0.1, 0.15) is 65.9 Å². The Morgan fingerprint density at radius 2 is 1.95 bits per heavy atom. The number of anilines is 1. The molecule has 0 radical (unpaired) electrons. The Morgan fingerprint density at radius 1 is 1.24 bits per heavy atom. The minimum atomic E-state index is 0.161. The smallest absolute Gasteiger partial charge is 0.141 e.